The van der Waals surface area contributed by atoms with Crippen LogP contribution in [0.2, 0.25) is 0 Å². The maximum absolute atomic E-state index is 8.12. The zero-order valence-corrected chi connectivity index (χ0v) is 27.3. The Bertz CT molecular complexity index is 2700. The van der Waals surface area contributed by atoms with Crippen LogP contribution < -0.4 is 4.57 Å². The third-order valence-electron chi connectivity index (χ3n) is 9.29. The van der Waals surface area contributed by atoms with Crippen molar-refractivity contribution in [2.45, 2.75) is 60.2 Å². The van der Waals surface area contributed by atoms with Gasteiger partial charge in [-0.05, 0) is 79.5 Å². The SMILES string of the molecule is [2H]C([2H])([2H])c1nc(C([2H])([2H])[2H])c2oc3c4ccc(C)c(-c5n(-c6c(C(C)C)cc(-c7ccccc7)cc6C(C)C)c6ccccc6[n+]5C)c4oc3c2n1. The van der Waals surface area contributed by atoms with Crippen LogP contribution in [0.1, 0.15) is 76.0 Å². The predicted molar refractivity (Wildman–Crippen MR) is 190 cm³/mol. The fraction of sp³-hybridized carbons (Fsp3) is 0.244. The molecule has 47 heavy (non-hydrogen) atoms. The van der Waals surface area contributed by atoms with Gasteiger partial charge in [-0.2, -0.15) is 4.57 Å². The van der Waals surface area contributed by atoms with Crippen LogP contribution in [0.5, 0.6) is 0 Å². The highest BCUT2D eigenvalue weighted by molar-refractivity contribution is 6.14. The molecule has 234 valence electrons. The number of nitrogens with zero attached hydrogens (tertiary/aromatic N) is 4. The monoisotopic (exact) mass is 625 g/mol. The highest BCUT2D eigenvalue weighted by atomic mass is 16.4. The molecule has 0 aliphatic rings. The lowest BCUT2D eigenvalue weighted by Gasteiger charge is -2.21. The van der Waals surface area contributed by atoms with Gasteiger partial charge in [0.25, 0.3) is 5.82 Å². The van der Waals surface area contributed by atoms with Gasteiger partial charge in [0, 0.05) is 19.4 Å². The fourth-order valence-electron chi connectivity index (χ4n) is 7.01. The Kier molecular flexibility index (Phi) is 5.25. The normalized spacial score (nSPS) is 14.6. The minimum atomic E-state index is -2.75. The largest absolute Gasteiger partial charge is 0.449 e. The fourth-order valence-corrected chi connectivity index (χ4v) is 7.01. The van der Waals surface area contributed by atoms with Crippen molar-refractivity contribution in [3.63, 3.8) is 0 Å². The van der Waals surface area contributed by atoms with E-state index in [0.717, 1.165) is 44.8 Å². The summed E-state index contributed by atoms with van der Waals surface area (Å²) in [6.07, 6.45) is 0. The number of fused-ring (bicyclic) bond motifs is 6. The van der Waals surface area contributed by atoms with Gasteiger partial charge in [0.2, 0.25) is 0 Å². The number of aromatic nitrogens is 4. The van der Waals surface area contributed by atoms with Crippen molar-refractivity contribution in [2.24, 2.45) is 7.05 Å². The van der Waals surface area contributed by atoms with Gasteiger partial charge in [-0.3, -0.25) is 0 Å². The van der Waals surface area contributed by atoms with E-state index >= 15 is 0 Å². The number of rotatable bonds is 5. The average Bonchev–Trinajstić information content (AvgIpc) is 3.74. The van der Waals surface area contributed by atoms with Gasteiger partial charge >= 0.3 is 0 Å². The Morgan fingerprint density at radius 1 is 0.745 bits per heavy atom. The van der Waals surface area contributed by atoms with Crippen LogP contribution in [0.3, 0.4) is 0 Å². The molecule has 0 bridgehead atoms. The molecular formula is C41H39N4O2+. The van der Waals surface area contributed by atoms with Crippen molar-refractivity contribution in [1.29, 1.82) is 0 Å². The van der Waals surface area contributed by atoms with Gasteiger partial charge < -0.3 is 8.83 Å². The van der Waals surface area contributed by atoms with Crippen molar-refractivity contribution in [1.82, 2.24) is 14.5 Å². The molecule has 6 heteroatoms. The highest BCUT2D eigenvalue weighted by Gasteiger charge is 2.34. The topological polar surface area (TPSA) is 60.9 Å². The van der Waals surface area contributed by atoms with E-state index in [0.29, 0.717) is 11.0 Å². The van der Waals surface area contributed by atoms with Crippen molar-refractivity contribution >= 4 is 44.3 Å². The number of para-hydroxylation sites is 2. The molecule has 8 rings (SSSR count). The maximum Gasteiger partial charge on any atom is 0.299 e. The second-order valence-electron chi connectivity index (χ2n) is 13.0. The summed E-state index contributed by atoms with van der Waals surface area (Å²) in [4.78, 5) is 8.27. The maximum atomic E-state index is 8.12. The first-order valence-corrected chi connectivity index (χ1v) is 16.0. The Morgan fingerprint density at radius 3 is 2.15 bits per heavy atom. The van der Waals surface area contributed by atoms with Gasteiger partial charge in [-0.15, -0.1) is 0 Å². The summed E-state index contributed by atoms with van der Waals surface area (Å²) in [6, 6.07) is 27.3. The van der Waals surface area contributed by atoms with E-state index in [1.807, 2.05) is 31.2 Å². The molecule has 0 aliphatic heterocycles. The Balaban J connectivity index is 1.50. The molecule has 6 nitrogen and oxygen atoms in total. The second kappa shape index (κ2) is 10.7. The molecule has 0 N–H and O–H groups in total. The van der Waals surface area contributed by atoms with E-state index in [1.54, 1.807) is 0 Å². The van der Waals surface area contributed by atoms with Crippen LogP contribution >= 0.6 is 0 Å². The van der Waals surface area contributed by atoms with Gasteiger partial charge in [-0.25, -0.2) is 14.5 Å². The third-order valence-corrected chi connectivity index (χ3v) is 9.29. The van der Waals surface area contributed by atoms with E-state index in [-0.39, 0.29) is 34.1 Å². The quantitative estimate of drug-likeness (QED) is 0.179. The number of aryl methyl sites for hydroxylation is 4. The lowest BCUT2D eigenvalue weighted by molar-refractivity contribution is -0.633. The summed E-state index contributed by atoms with van der Waals surface area (Å²) in [5.41, 5.74) is 10.0. The molecule has 0 saturated heterocycles. The zero-order chi connectivity index (χ0) is 37.7. The van der Waals surface area contributed by atoms with Gasteiger partial charge in [0.1, 0.15) is 17.1 Å². The molecule has 0 amide bonds. The summed E-state index contributed by atoms with van der Waals surface area (Å²) in [6.45, 7) is 5.44. The Hall–Kier alpha value is -5.23. The van der Waals surface area contributed by atoms with E-state index < -0.39 is 25.2 Å². The smallest absolute Gasteiger partial charge is 0.299 e. The first-order valence-electron chi connectivity index (χ1n) is 19.0. The molecule has 0 spiro atoms. The van der Waals surface area contributed by atoms with E-state index in [2.05, 4.69) is 108 Å². The summed E-state index contributed by atoms with van der Waals surface area (Å²) < 4.78 is 65.8. The molecule has 0 saturated carbocycles. The molecule has 0 unspecified atom stereocenters. The van der Waals surface area contributed by atoms with Crippen LogP contribution in [-0.2, 0) is 7.05 Å². The number of hydrogen-bond donors (Lipinski definition) is 0. The van der Waals surface area contributed by atoms with Crippen LogP contribution in [0.15, 0.2) is 87.7 Å². The van der Waals surface area contributed by atoms with Gasteiger partial charge in [0.05, 0.1) is 18.1 Å². The summed E-state index contributed by atoms with van der Waals surface area (Å²) >= 11 is 0. The van der Waals surface area contributed by atoms with Crippen LogP contribution in [0.25, 0.3) is 72.5 Å². The van der Waals surface area contributed by atoms with Crippen LogP contribution in [0, 0.1) is 20.6 Å². The Labute approximate surface area is 282 Å². The summed E-state index contributed by atoms with van der Waals surface area (Å²) in [5, 5.41) is 0.606. The molecule has 8 aromatic rings. The minimum Gasteiger partial charge on any atom is -0.449 e. The molecule has 0 fully saturated rings. The molecule has 4 aromatic heterocycles. The molecule has 4 aromatic carbocycles. The standard InChI is InChI=1S/C41H39N4O2/c1-22(2)30-20-28(27-14-10-9-11-15-27)21-31(23(3)4)36(30)45-33-17-13-12-16-32(33)44(8)41(45)34-24(5)18-19-29-38(34)47-40-35-37(46-39(29)40)25(6)42-26(7)43-35/h9-23H,1-8H3/q+1/i6D3,7D3. The predicted octanol–water partition coefficient (Wildman–Crippen LogP) is 10.4. The molecule has 0 aliphatic carbocycles. The zero-order valence-electron chi connectivity index (χ0n) is 33.3. The summed E-state index contributed by atoms with van der Waals surface area (Å²) in [5.74, 6) is 0.661. The molecule has 4 heterocycles. The second-order valence-corrected chi connectivity index (χ2v) is 13.0. The summed E-state index contributed by atoms with van der Waals surface area (Å²) in [7, 11) is 2.05. The van der Waals surface area contributed by atoms with E-state index in [9.17, 15) is 0 Å². The number of furan rings is 2. The first kappa shape index (κ1) is 23.1. The number of hydrogen-bond acceptors (Lipinski definition) is 4. The lowest BCUT2D eigenvalue weighted by Crippen LogP contribution is -2.30. The van der Waals surface area contributed by atoms with E-state index in [4.69, 9.17) is 17.1 Å². The van der Waals surface area contributed by atoms with Gasteiger partial charge in [0.15, 0.2) is 38.9 Å². The van der Waals surface area contributed by atoms with Crippen molar-refractivity contribution < 1.29 is 21.6 Å². The molecule has 0 radical (unpaired) electrons. The van der Waals surface area contributed by atoms with E-state index in [1.165, 1.54) is 11.1 Å². The van der Waals surface area contributed by atoms with Crippen LogP contribution in [-0.4, -0.2) is 14.5 Å². The highest BCUT2D eigenvalue weighted by Crippen LogP contribution is 2.44. The Morgan fingerprint density at radius 2 is 1.45 bits per heavy atom. The van der Waals surface area contributed by atoms with Crippen molar-refractivity contribution in [3.8, 4) is 28.2 Å². The number of benzene rings is 4. The van der Waals surface area contributed by atoms with Crippen LogP contribution in [0.4, 0.5) is 0 Å². The first-order chi connectivity index (χ1) is 25.1. The minimum absolute atomic E-state index is 0.0117. The van der Waals surface area contributed by atoms with Crippen molar-refractivity contribution in [2.75, 3.05) is 0 Å². The molecule has 0 atom stereocenters. The molecular weight excluding hydrogens is 580 g/mol. The number of imidazole rings is 1. The third kappa shape index (κ3) is 4.34. The average molecular weight is 626 g/mol. The van der Waals surface area contributed by atoms with Crippen molar-refractivity contribution in [3.05, 3.63) is 107 Å². The lowest BCUT2D eigenvalue weighted by atomic mass is 9.88. The van der Waals surface area contributed by atoms with Gasteiger partial charge in [-0.1, -0.05) is 76.2 Å².